The molecular formula is C11H16O5. The van der Waals surface area contributed by atoms with Crippen molar-refractivity contribution in [3.05, 3.63) is 24.3 Å². The summed E-state index contributed by atoms with van der Waals surface area (Å²) in [6.45, 7) is 0.193. The highest BCUT2D eigenvalue weighted by atomic mass is 17.2. The minimum absolute atomic E-state index is 0.193. The van der Waals surface area contributed by atoms with E-state index in [1.165, 1.54) is 14.2 Å². The number of hydrogen-bond acceptors (Lipinski definition) is 5. The molecule has 0 unspecified atom stereocenters. The molecule has 0 spiro atoms. The van der Waals surface area contributed by atoms with Gasteiger partial charge in [0.2, 0.25) is 0 Å². The zero-order valence-corrected chi connectivity index (χ0v) is 9.64. The van der Waals surface area contributed by atoms with E-state index in [-0.39, 0.29) is 6.61 Å². The maximum Gasteiger partial charge on any atom is 0.184 e. The molecule has 0 fully saturated rings. The summed E-state index contributed by atoms with van der Waals surface area (Å²) >= 11 is 0. The van der Waals surface area contributed by atoms with Crippen molar-refractivity contribution >= 4 is 0 Å². The van der Waals surface area contributed by atoms with Crippen molar-refractivity contribution in [2.45, 2.75) is 6.29 Å². The van der Waals surface area contributed by atoms with Crippen molar-refractivity contribution in [3.8, 4) is 11.5 Å². The van der Waals surface area contributed by atoms with E-state index >= 15 is 0 Å². The second kappa shape index (κ2) is 7.05. The maximum absolute atomic E-state index is 5.02. The lowest BCUT2D eigenvalue weighted by Gasteiger charge is -2.12. The van der Waals surface area contributed by atoms with Gasteiger partial charge >= 0.3 is 0 Å². The van der Waals surface area contributed by atoms with Crippen LogP contribution in [-0.2, 0) is 14.4 Å². The number of ether oxygens (including phenoxy) is 3. The first-order valence-electron chi connectivity index (χ1n) is 4.79. The predicted molar refractivity (Wildman–Crippen MR) is 57.4 cm³/mol. The Morgan fingerprint density at radius 1 is 0.938 bits per heavy atom. The van der Waals surface area contributed by atoms with Crippen LogP contribution in [0.15, 0.2) is 24.3 Å². The first-order chi connectivity index (χ1) is 7.80. The number of benzene rings is 1. The average molecular weight is 228 g/mol. The van der Waals surface area contributed by atoms with E-state index < -0.39 is 6.29 Å². The van der Waals surface area contributed by atoms with E-state index in [1.807, 2.05) is 0 Å². The molecule has 5 nitrogen and oxygen atoms in total. The Morgan fingerprint density at radius 3 is 2.00 bits per heavy atom. The standard InChI is InChI=1S/C11H16O5/c1-12-9-4-6-10(7-5-9)16-15-8-11(13-2)14-3/h4-7,11H,8H2,1-3H3. The molecule has 0 saturated carbocycles. The van der Waals surface area contributed by atoms with Gasteiger partial charge < -0.3 is 19.1 Å². The lowest BCUT2D eigenvalue weighted by atomic mass is 10.3. The van der Waals surface area contributed by atoms with Crippen LogP contribution in [0, 0.1) is 0 Å². The fourth-order valence-electron chi connectivity index (χ4n) is 1.02. The summed E-state index contributed by atoms with van der Waals surface area (Å²) in [6.07, 6.45) is -0.432. The Balaban J connectivity index is 2.31. The molecule has 5 heteroatoms. The van der Waals surface area contributed by atoms with Gasteiger partial charge in [0.15, 0.2) is 12.0 Å². The van der Waals surface area contributed by atoms with Gasteiger partial charge in [-0.25, -0.2) is 0 Å². The van der Waals surface area contributed by atoms with E-state index in [2.05, 4.69) is 0 Å². The molecule has 0 aromatic heterocycles. The zero-order valence-electron chi connectivity index (χ0n) is 9.64. The summed E-state index contributed by atoms with van der Waals surface area (Å²) in [5.74, 6) is 1.35. The molecule has 1 aromatic carbocycles. The zero-order chi connectivity index (χ0) is 11.8. The van der Waals surface area contributed by atoms with Crippen molar-refractivity contribution in [1.29, 1.82) is 0 Å². The third-order valence-corrected chi connectivity index (χ3v) is 1.94. The molecule has 1 rings (SSSR count). The van der Waals surface area contributed by atoms with Crippen LogP contribution >= 0.6 is 0 Å². The molecule has 0 N–H and O–H groups in total. The first kappa shape index (κ1) is 12.8. The molecule has 0 aliphatic heterocycles. The molecule has 0 aliphatic rings. The Kier molecular flexibility index (Phi) is 5.63. The van der Waals surface area contributed by atoms with Gasteiger partial charge in [-0.15, -0.1) is 0 Å². The molecule has 0 radical (unpaired) electrons. The van der Waals surface area contributed by atoms with Crippen LogP contribution in [0.2, 0.25) is 0 Å². The third kappa shape index (κ3) is 4.06. The second-order valence-corrected chi connectivity index (χ2v) is 2.94. The molecule has 0 bridgehead atoms. The molecule has 16 heavy (non-hydrogen) atoms. The Morgan fingerprint density at radius 2 is 1.50 bits per heavy atom. The third-order valence-electron chi connectivity index (χ3n) is 1.94. The summed E-state index contributed by atoms with van der Waals surface area (Å²) in [5.41, 5.74) is 0. The van der Waals surface area contributed by atoms with Crippen LogP contribution in [0.5, 0.6) is 11.5 Å². The summed E-state index contributed by atoms with van der Waals surface area (Å²) < 4.78 is 14.9. The van der Waals surface area contributed by atoms with Crippen LogP contribution in [-0.4, -0.2) is 34.2 Å². The van der Waals surface area contributed by atoms with E-state index in [9.17, 15) is 0 Å². The fourth-order valence-corrected chi connectivity index (χ4v) is 1.02. The molecule has 0 aliphatic carbocycles. The molecule has 0 atom stereocenters. The Hall–Kier alpha value is -1.30. The highest BCUT2D eigenvalue weighted by molar-refractivity contribution is 5.30. The van der Waals surface area contributed by atoms with E-state index in [0.717, 1.165) is 5.75 Å². The van der Waals surface area contributed by atoms with E-state index in [0.29, 0.717) is 5.75 Å². The van der Waals surface area contributed by atoms with E-state index in [4.69, 9.17) is 24.0 Å². The summed E-state index contributed by atoms with van der Waals surface area (Å²) in [4.78, 5) is 9.97. The van der Waals surface area contributed by atoms with Crippen LogP contribution in [0.1, 0.15) is 0 Å². The normalized spacial score (nSPS) is 10.5. The number of methoxy groups -OCH3 is 3. The summed E-state index contributed by atoms with van der Waals surface area (Å²) in [5, 5.41) is 0. The van der Waals surface area contributed by atoms with Crippen molar-refractivity contribution < 1.29 is 24.0 Å². The van der Waals surface area contributed by atoms with Crippen molar-refractivity contribution in [3.63, 3.8) is 0 Å². The van der Waals surface area contributed by atoms with Crippen LogP contribution in [0.25, 0.3) is 0 Å². The summed E-state index contributed by atoms with van der Waals surface area (Å²) in [7, 11) is 4.67. The van der Waals surface area contributed by atoms with Crippen molar-refractivity contribution in [2.24, 2.45) is 0 Å². The summed E-state index contributed by atoms with van der Waals surface area (Å²) in [6, 6.07) is 7.05. The van der Waals surface area contributed by atoms with Crippen LogP contribution in [0.3, 0.4) is 0 Å². The van der Waals surface area contributed by atoms with Crippen molar-refractivity contribution in [2.75, 3.05) is 27.9 Å². The molecular weight excluding hydrogens is 212 g/mol. The minimum Gasteiger partial charge on any atom is -0.497 e. The van der Waals surface area contributed by atoms with Crippen LogP contribution < -0.4 is 9.62 Å². The fraction of sp³-hybridized carbons (Fsp3) is 0.455. The number of rotatable bonds is 7. The highest BCUT2D eigenvalue weighted by Crippen LogP contribution is 2.17. The van der Waals surface area contributed by atoms with Gasteiger partial charge in [0.1, 0.15) is 12.4 Å². The quantitative estimate of drug-likeness (QED) is 0.403. The smallest absolute Gasteiger partial charge is 0.184 e. The van der Waals surface area contributed by atoms with Crippen molar-refractivity contribution in [1.82, 2.24) is 0 Å². The SMILES string of the molecule is COc1ccc(OOCC(OC)OC)cc1. The minimum atomic E-state index is -0.432. The molecule has 0 saturated heterocycles. The molecule has 90 valence electrons. The lowest BCUT2D eigenvalue weighted by Crippen LogP contribution is -2.21. The first-order valence-corrected chi connectivity index (χ1v) is 4.79. The number of hydrogen-bond donors (Lipinski definition) is 0. The van der Waals surface area contributed by atoms with E-state index in [1.54, 1.807) is 31.4 Å². The monoisotopic (exact) mass is 228 g/mol. The lowest BCUT2D eigenvalue weighted by molar-refractivity contribution is -0.259. The van der Waals surface area contributed by atoms with Gasteiger partial charge in [-0.2, -0.15) is 4.89 Å². The van der Waals surface area contributed by atoms with Gasteiger partial charge in [0.05, 0.1) is 7.11 Å². The maximum atomic E-state index is 5.02. The molecule has 0 heterocycles. The largest absolute Gasteiger partial charge is 0.497 e. The molecule has 0 amide bonds. The van der Waals surface area contributed by atoms with Gasteiger partial charge in [-0.05, 0) is 24.3 Å². The Bertz CT molecular complexity index is 281. The van der Waals surface area contributed by atoms with Crippen LogP contribution in [0.4, 0.5) is 0 Å². The second-order valence-electron chi connectivity index (χ2n) is 2.94. The topological polar surface area (TPSA) is 46.2 Å². The van der Waals surface area contributed by atoms with Gasteiger partial charge in [0, 0.05) is 14.2 Å². The Labute approximate surface area is 94.8 Å². The predicted octanol–water partition coefficient (Wildman–Crippen LogP) is 1.62. The highest BCUT2D eigenvalue weighted by Gasteiger charge is 2.05. The average Bonchev–Trinajstić information content (AvgIpc) is 2.35. The van der Waals surface area contributed by atoms with Gasteiger partial charge in [-0.1, -0.05) is 0 Å². The van der Waals surface area contributed by atoms with Gasteiger partial charge in [-0.3, -0.25) is 0 Å². The van der Waals surface area contributed by atoms with Gasteiger partial charge in [0.25, 0.3) is 0 Å². The molecule has 1 aromatic rings.